The highest BCUT2D eigenvalue weighted by Crippen LogP contribution is 2.43. The summed E-state index contributed by atoms with van der Waals surface area (Å²) in [5, 5.41) is 33.3. The van der Waals surface area contributed by atoms with Gasteiger partial charge in [-0.3, -0.25) is 19.2 Å². The molecule has 4 N–H and O–H groups in total. The lowest BCUT2D eigenvalue weighted by Crippen LogP contribution is -2.49. The van der Waals surface area contributed by atoms with E-state index in [0.29, 0.717) is 89.5 Å². The number of phenolic OH excluding ortho intramolecular Hbond substituents is 1. The lowest BCUT2D eigenvalue weighted by molar-refractivity contribution is -0.141. The fourth-order valence-corrected chi connectivity index (χ4v) is 11.7. The molecule has 2 saturated heterocycles. The predicted molar refractivity (Wildman–Crippen MR) is 315 cm³/mol. The lowest BCUT2D eigenvalue weighted by atomic mass is 9.91. The number of hydrogen-bond donors (Lipinski definition) is 4. The van der Waals surface area contributed by atoms with E-state index in [0.717, 1.165) is 16.1 Å². The Balaban J connectivity index is 0.754. The van der Waals surface area contributed by atoms with Crippen LogP contribution in [0.4, 0.5) is 16.2 Å². The van der Waals surface area contributed by atoms with Crippen LogP contribution in [0.1, 0.15) is 68.7 Å². The number of nitrogens with zero attached hydrogens (tertiary/aromatic N) is 8. The number of fused-ring (bicyclic) bond motifs is 2. The van der Waals surface area contributed by atoms with Crippen LogP contribution in [-0.2, 0) is 35.2 Å². The number of carbonyl (C=O) groups is 4. The number of halogens is 2. The van der Waals surface area contributed by atoms with Gasteiger partial charge in [0.2, 0.25) is 29.6 Å². The van der Waals surface area contributed by atoms with Crippen molar-refractivity contribution in [2.24, 2.45) is 5.92 Å². The Morgan fingerprint density at radius 1 is 0.952 bits per heavy atom. The van der Waals surface area contributed by atoms with Crippen LogP contribution in [0.3, 0.4) is 0 Å². The quantitative estimate of drug-likeness (QED) is 0.0418. The summed E-state index contributed by atoms with van der Waals surface area (Å²) in [5.74, 6) is -0.864. The molecule has 0 bridgehead atoms. The Kier molecular flexibility index (Phi) is 19.7. The van der Waals surface area contributed by atoms with Crippen LogP contribution < -0.4 is 20.3 Å². The number of β-amino-alcohol motifs (C(OH)–C–C–N with tert-alkyl or cyclic N) is 1. The molecular formula is C60H70ClFN10O10S. The number of likely N-dealkylation sites (N-methyl/N-ethyl adjacent to an activating group) is 1. The van der Waals surface area contributed by atoms with Crippen molar-refractivity contribution in [3.05, 3.63) is 106 Å². The summed E-state index contributed by atoms with van der Waals surface area (Å²) in [7, 11) is 1.68. The lowest BCUT2D eigenvalue weighted by Gasteiger charge is -2.36. The van der Waals surface area contributed by atoms with E-state index in [-0.39, 0.29) is 117 Å². The van der Waals surface area contributed by atoms with E-state index in [1.54, 1.807) is 47.5 Å². The molecular weight excluding hydrogens is 1110 g/mol. The minimum atomic E-state index is -0.885. The van der Waals surface area contributed by atoms with Crippen molar-refractivity contribution in [2.75, 3.05) is 96.1 Å². The summed E-state index contributed by atoms with van der Waals surface area (Å²) in [5.41, 5.74) is 5.40. The number of piperazine rings is 1. The van der Waals surface area contributed by atoms with E-state index in [1.807, 2.05) is 75.1 Å². The number of rotatable bonds is 24. The van der Waals surface area contributed by atoms with Gasteiger partial charge in [0.25, 0.3) is 0 Å². The maximum absolute atomic E-state index is 17.1. The third kappa shape index (κ3) is 14.1. The average molecular weight is 1180 g/mol. The fourth-order valence-electron chi connectivity index (χ4n) is 10.6. The van der Waals surface area contributed by atoms with Gasteiger partial charge in [-0.2, -0.15) is 4.98 Å². The molecule has 2 aliphatic rings. The summed E-state index contributed by atoms with van der Waals surface area (Å²) in [6.07, 6.45) is -0.297. The number of anilines is 2. The van der Waals surface area contributed by atoms with Crippen molar-refractivity contribution in [3.8, 4) is 33.1 Å². The van der Waals surface area contributed by atoms with Crippen molar-refractivity contribution >= 4 is 80.0 Å². The number of aryl methyl sites for hydroxylation is 2. The zero-order valence-electron chi connectivity index (χ0n) is 47.5. The zero-order chi connectivity index (χ0) is 58.9. The van der Waals surface area contributed by atoms with Gasteiger partial charge in [-0.05, 0) is 65.9 Å². The summed E-state index contributed by atoms with van der Waals surface area (Å²) in [6, 6.07) is 18.6. The number of aliphatic hydroxyl groups excluding tert-OH is 1. The molecule has 2 aliphatic heterocycles. The Hall–Kier alpha value is -7.50. The van der Waals surface area contributed by atoms with Gasteiger partial charge >= 0.3 is 0 Å². The van der Waals surface area contributed by atoms with Crippen LogP contribution in [-0.4, -0.2) is 167 Å². The molecule has 5 heterocycles. The highest BCUT2D eigenvalue weighted by Gasteiger charge is 2.43. The minimum Gasteiger partial charge on any atom is -0.508 e. The second-order valence-corrected chi connectivity index (χ2v) is 22.4. The second kappa shape index (κ2) is 27.3. The number of aliphatic hydroxyl groups is 1. The Labute approximate surface area is 489 Å². The SMILES string of the molecule is CCC(=O)N1CCN(c2nc(NCCC(=O)N(C)CCOCCOCCOc3cc(-c4scnc4C)ccc3CNC(=O)[C@@H]3C[C@@H](O)CN3C(=O)[C@@H](c3cc(C)no3)C(C)C)nc3c(F)c(-c4cc(O)cc5ccccc45)c(Cl)cc23)CC1. The van der Waals surface area contributed by atoms with E-state index in [1.165, 1.54) is 22.3 Å². The maximum Gasteiger partial charge on any atom is 0.243 e. The number of aromatic hydroxyl groups is 1. The van der Waals surface area contributed by atoms with Crippen molar-refractivity contribution < 1.29 is 52.5 Å². The molecule has 2 fully saturated rings. The molecule has 3 aromatic heterocycles. The number of likely N-dealkylation sites (tertiary alicyclic amines) is 1. The molecule has 0 radical (unpaired) electrons. The first-order valence-electron chi connectivity index (χ1n) is 27.9. The molecule has 9 rings (SSSR count). The van der Waals surface area contributed by atoms with Crippen molar-refractivity contribution in [3.63, 3.8) is 0 Å². The van der Waals surface area contributed by atoms with Gasteiger partial charge in [0.15, 0.2) is 5.82 Å². The van der Waals surface area contributed by atoms with Gasteiger partial charge in [-0.1, -0.05) is 73.9 Å². The number of benzene rings is 4. The van der Waals surface area contributed by atoms with Gasteiger partial charge in [0.1, 0.15) is 47.2 Å². The molecule has 4 amide bonds. The Bertz CT molecular complexity index is 3460. The van der Waals surface area contributed by atoms with Crippen molar-refractivity contribution in [2.45, 2.75) is 78.5 Å². The number of hydrogen-bond acceptors (Lipinski definition) is 17. The normalized spacial score (nSPS) is 15.8. The molecule has 3 atom stereocenters. The van der Waals surface area contributed by atoms with Crippen molar-refractivity contribution in [1.29, 1.82) is 0 Å². The highest BCUT2D eigenvalue weighted by atomic mass is 35.5. The van der Waals surface area contributed by atoms with Crippen LogP contribution in [0.25, 0.3) is 43.2 Å². The summed E-state index contributed by atoms with van der Waals surface area (Å²) in [4.78, 5) is 75.2. The first-order valence-corrected chi connectivity index (χ1v) is 29.2. The van der Waals surface area contributed by atoms with Gasteiger partial charge in [-0.15, -0.1) is 11.3 Å². The maximum atomic E-state index is 17.1. The van der Waals surface area contributed by atoms with Gasteiger partial charge < -0.3 is 59.2 Å². The first kappa shape index (κ1) is 60.1. The van der Waals surface area contributed by atoms with Crippen LogP contribution >= 0.6 is 22.9 Å². The number of thiazole rings is 1. The first-order chi connectivity index (χ1) is 40.0. The number of ether oxygens (including phenoxy) is 3. The Morgan fingerprint density at radius 2 is 1.71 bits per heavy atom. The molecule has 0 spiro atoms. The molecule has 83 heavy (non-hydrogen) atoms. The minimum absolute atomic E-state index is 0.00967. The number of carbonyl (C=O) groups excluding carboxylic acids is 4. The van der Waals surface area contributed by atoms with E-state index in [2.05, 4.69) is 25.8 Å². The summed E-state index contributed by atoms with van der Waals surface area (Å²) in [6.45, 7) is 13.0. The monoisotopic (exact) mass is 1180 g/mol. The predicted octanol–water partition coefficient (Wildman–Crippen LogP) is 8.13. The van der Waals surface area contributed by atoms with E-state index in [4.69, 9.17) is 35.3 Å². The van der Waals surface area contributed by atoms with Crippen LogP contribution in [0.5, 0.6) is 11.5 Å². The third-order valence-electron chi connectivity index (χ3n) is 15.0. The van der Waals surface area contributed by atoms with Gasteiger partial charge in [0, 0.05) is 101 Å². The van der Waals surface area contributed by atoms with Crippen LogP contribution in [0, 0.1) is 25.6 Å². The van der Waals surface area contributed by atoms with E-state index >= 15 is 4.39 Å². The van der Waals surface area contributed by atoms with Crippen LogP contribution in [0.2, 0.25) is 5.02 Å². The number of nitrogens with one attached hydrogen (secondary N) is 2. The molecule has 23 heteroatoms. The van der Waals surface area contributed by atoms with Crippen LogP contribution in [0.15, 0.2) is 76.8 Å². The summed E-state index contributed by atoms with van der Waals surface area (Å²) >= 11 is 8.42. The number of aromatic nitrogens is 4. The van der Waals surface area contributed by atoms with Gasteiger partial charge in [-0.25, -0.2) is 14.4 Å². The van der Waals surface area contributed by atoms with E-state index in [9.17, 15) is 29.4 Å². The standard InChI is InChI=1S/C60H70ClFN10O10S/c1-7-50(75)70-16-18-71(19-17-70)57-45-31-46(61)53(44-29-41(73)27-38-10-8-9-11-43(38)44)54(62)55(45)66-60(67-57)63-15-14-51(76)69(6)20-21-79-22-23-80-24-25-81-48-28-39(56-37(5)65-34-83-56)12-13-40(48)32-64-58(77)47-30-42(74)33-72(47)59(78)52(35(2)3)49-26-36(4)68-82-49/h8-13,26-29,31,34-35,42,47,52,73-74H,7,14-25,30,32-33H2,1-6H3,(H,64,77)(H,63,66,67)/t42-,47+,52-/m1/s1. The molecule has 0 saturated carbocycles. The van der Waals surface area contributed by atoms with Crippen molar-refractivity contribution in [1.82, 2.24) is 40.1 Å². The molecule has 0 unspecified atom stereocenters. The number of amides is 4. The molecule has 20 nitrogen and oxygen atoms in total. The molecule has 4 aromatic carbocycles. The average Bonchev–Trinajstić information content (AvgIpc) is 3.68. The molecule has 7 aromatic rings. The largest absolute Gasteiger partial charge is 0.508 e. The fraction of sp³-hybridized carbons (Fsp3) is 0.433. The highest BCUT2D eigenvalue weighted by molar-refractivity contribution is 7.13. The third-order valence-corrected chi connectivity index (χ3v) is 16.2. The topological polar surface area (TPSA) is 238 Å². The van der Waals surface area contributed by atoms with Gasteiger partial charge in [0.05, 0.1) is 59.3 Å². The second-order valence-electron chi connectivity index (χ2n) is 21.1. The molecule has 0 aliphatic carbocycles. The Morgan fingerprint density at radius 3 is 2.43 bits per heavy atom. The smallest absolute Gasteiger partial charge is 0.243 e. The summed E-state index contributed by atoms with van der Waals surface area (Å²) < 4.78 is 40.5. The zero-order valence-corrected chi connectivity index (χ0v) is 49.0. The number of phenols is 1. The molecule has 440 valence electrons. The van der Waals surface area contributed by atoms with E-state index < -0.39 is 29.8 Å².